The molecule has 4 nitrogen and oxygen atoms in total. The Balaban J connectivity index is 0.00000200. The summed E-state index contributed by atoms with van der Waals surface area (Å²) in [5.74, 6) is -0.867. The predicted molar refractivity (Wildman–Crippen MR) is 81.9 cm³/mol. The van der Waals surface area contributed by atoms with E-state index in [4.69, 9.17) is 4.74 Å². The third-order valence-electron chi connectivity index (χ3n) is 3.34. The number of carboxylic acid groups (broad SMARTS) is 1. The molecule has 0 atom stereocenters. The average Bonchev–Trinajstić information content (AvgIpc) is 2.89. The van der Waals surface area contributed by atoms with E-state index in [0.717, 1.165) is 37.2 Å². The Bertz CT molecular complexity index is 456. The second kappa shape index (κ2) is 8.03. The molecule has 0 saturated carbocycles. The molecule has 20 heavy (non-hydrogen) atoms. The first-order valence-electron chi connectivity index (χ1n) is 6.81. The van der Waals surface area contributed by atoms with Crippen LogP contribution >= 0.6 is 0 Å². The number of para-hydroxylation sites is 1. The number of benzene rings is 1. The topological polar surface area (TPSA) is 49.8 Å². The second-order valence-corrected chi connectivity index (χ2v) is 5.17. The fraction of sp³-hybridized carbons (Fsp3) is 0.533. The Kier molecular flexibility index (Phi) is 7.03. The summed E-state index contributed by atoms with van der Waals surface area (Å²) in [6.07, 6.45) is 2.39. The molecule has 1 aromatic rings. The molecule has 1 fully saturated rings. The van der Waals surface area contributed by atoms with E-state index in [0.29, 0.717) is 12.2 Å². The van der Waals surface area contributed by atoms with E-state index in [1.54, 1.807) is 12.1 Å². The van der Waals surface area contributed by atoms with Crippen molar-refractivity contribution in [3.63, 3.8) is 0 Å². The molecular weight excluding hydrogens is 265 g/mol. The quantitative estimate of drug-likeness (QED) is 0.844. The Morgan fingerprint density at radius 2 is 2.00 bits per heavy atom. The van der Waals surface area contributed by atoms with Gasteiger partial charge in [-0.05, 0) is 32.8 Å². The van der Waals surface area contributed by atoms with Crippen molar-refractivity contribution in [2.45, 2.75) is 39.4 Å². The monoisotopic (exact) mass is 287 g/mol. The molecule has 5 heteroatoms. The number of rotatable bonds is 5. The van der Waals surface area contributed by atoms with Crippen LogP contribution in [0.25, 0.3) is 0 Å². The van der Waals surface area contributed by atoms with E-state index in [-0.39, 0.29) is 35.7 Å². The van der Waals surface area contributed by atoms with Gasteiger partial charge in [-0.25, -0.2) is 4.79 Å². The van der Waals surface area contributed by atoms with Gasteiger partial charge in [0, 0.05) is 18.7 Å². The fourth-order valence-corrected chi connectivity index (χ4v) is 2.45. The van der Waals surface area contributed by atoms with Gasteiger partial charge < -0.3 is 14.7 Å². The SMILES string of the molecule is CC(C)OCc1cccc(C(=O)O)c1N1CCCC1.[NaH]. The third-order valence-corrected chi connectivity index (χ3v) is 3.34. The first-order chi connectivity index (χ1) is 9.09. The van der Waals surface area contributed by atoms with Crippen LogP contribution in [0.3, 0.4) is 0 Å². The second-order valence-electron chi connectivity index (χ2n) is 5.17. The Hall–Kier alpha value is -0.550. The summed E-state index contributed by atoms with van der Waals surface area (Å²) in [5.41, 5.74) is 2.19. The standard InChI is InChI=1S/C15H21NO3.Na.H/c1-11(2)19-10-12-6-5-7-13(15(17)18)14(12)16-8-3-4-9-16;;/h5-7,11H,3-4,8-10H2,1-2H3,(H,17,18);;. The van der Waals surface area contributed by atoms with Gasteiger partial charge >= 0.3 is 35.5 Å². The summed E-state index contributed by atoms with van der Waals surface area (Å²) in [6, 6.07) is 5.43. The third kappa shape index (κ3) is 4.22. The molecule has 0 spiro atoms. The minimum atomic E-state index is -0.867. The first kappa shape index (κ1) is 17.5. The zero-order valence-corrected chi connectivity index (χ0v) is 11.6. The van der Waals surface area contributed by atoms with Crippen molar-refractivity contribution in [2.75, 3.05) is 18.0 Å². The van der Waals surface area contributed by atoms with Crippen LogP contribution in [0.4, 0.5) is 5.69 Å². The van der Waals surface area contributed by atoms with Gasteiger partial charge in [0.05, 0.1) is 24.0 Å². The van der Waals surface area contributed by atoms with Gasteiger partial charge in [-0.1, -0.05) is 12.1 Å². The normalized spacial score (nSPS) is 14.4. The van der Waals surface area contributed by atoms with Crippen LogP contribution in [0.1, 0.15) is 42.6 Å². The molecular formula is C15H22NNaO3. The number of ether oxygens (including phenoxy) is 1. The molecule has 1 N–H and O–H groups in total. The molecule has 106 valence electrons. The van der Waals surface area contributed by atoms with Crippen LogP contribution in [-0.4, -0.2) is 59.8 Å². The van der Waals surface area contributed by atoms with Crippen molar-refractivity contribution in [3.05, 3.63) is 29.3 Å². The van der Waals surface area contributed by atoms with E-state index < -0.39 is 5.97 Å². The molecule has 0 amide bonds. The van der Waals surface area contributed by atoms with E-state index in [1.165, 1.54) is 0 Å². The minimum absolute atomic E-state index is 0. The molecule has 0 radical (unpaired) electrons. The summed E-state index contributed by atoms with van der Waals surface area (Å²) in [7, 11) is 0. The number of anilines is 1. The van der Waals surface area contributed by atoms with Crippen molar-refractivity contribution < 1.29 is 14.6 Å². The van der Waals surface area contributed by atoms with Crippen molar-refractivity contribution in [3.8, 4) is 0 Å². The summed E-state index contributed by atoms with van der Waals surface area (Å²) in [5, 5.41) is 9.36. The molecule has 0 aliphatic carbocycles. The summed E-state index contributed by atoms with van der Waals surface area (Å²) in [6.45, 7) is 6.29. The number of aromatic carboxylic acids is 1. The van der Waals surface area contributed by atoms with Crippen LogP contribution in [-0.2, 0) is 11.3 Å². The van der Waals surface area contributed by atoms with Crippen molar-refractivity contribution in [1.82, 2.24) is 0 Å². The summed E-state index contributed by atoms with van der Waals surface area (Å²) >= 11 is 0. The van der Waals surface area contributed by atoms with Crippen LogP contribution in [0.15, 0.2) is 18.2 Å². The predicted octanol–water partition coefficient (Wildman–Crippen LogP) is 2.26. The number of hydrogen-bond donors (Lipinski definition) is 1. The van der Waals surface area contributed by atoms with Crippen LogP contribution < -0.4 is 4.90 Å². The number of nitrogens with zero attached hydrogens (tertiary/aromatic N) is 1. The van der Waals surface area contributed by atoms with Gasteiger partial charge in [-0.3, -0.25) is 0 Å². The zero-order chi connectivity index (χ0) is 13.8. The number of carbonyl (C=O) groups is 1. The summed E-state index contributed by atoms with van der Waals surface area (Å²) in [4.78, 5) is 13.6. The molecule has 0 aromatic heterocycles. The van der Waals surface area contributed by atoms with E-state index >= 15 is 0 Å². The maximum atomic E-state index is 11.4. The van der Waals surface area contributed by atoms with Crippen molar-refractivity contribution >= 4 is 41.2 Å². The Morgan fingerprint density at radius 1 is 1.35 bits per heavy atom. The van der Waals surface area contributed by atoms with E-state index in [2.05, 4.69) is 4.90 Å². The van der Waals surface area contributed by atoms with E-state index in [1.807, 2.05) is 19.9 Å². The number of carboxylic acids is 1. The zero-order valence-electron chi connectivity index (χ0n) is 11.6. The Labute approximate surface area is 142 Å². The molecule has 2 rings (SSSR count). The van der Waals surface area contributed by atoms with Gasteiger partial charge in [-0.15, -0.1) is 0 Å². The maximum absolute atomic E-state index is 11.4. The molecule has 1 aliphatic heterocycles. The molecule has 0 bridgehead atoms. The van der Waals surface area contributed by atoms with Crippen LogP contribution in [0.2, 0.25) is 0 Å². The van der Waals surface area contributed by atoms with Gasteiger partial charge in [0.1, 0.15) is 0 Å². The molecule has 1 aliphatic rings. The van der Waals surface area contributed by atoms with E-state index in [9.17, 15) is 9.90 Å². The van der Waals surface area contributed by atoms with Gasteiger partial charge in [0.25, 0.3) is 0 Å². The van der Waals surface area contributed by atoms with Gasteiger partial charge in [0.15, 0.2) is 0 Å². The van der Waals surface area contributed by atoms with Crippen LogP contribution in [0.5, 0.6) is 0 Å². The van der Waals surface area contributed by atoms with Crippen molar-refractivity contribution in [2.24, 2.45) is 0 Å². The molecule has 0 unspecified atom stereocenters. The number of hydrogen-bond acceptors (Lipinski definition) is 3. The fourth-order valence-electron chi connectivity index (χ4n) is 2.45. The molecule has 1 saturated heterocycles. The van der Waals surface area contributed by atoms with Gasteiger partial charge in [0.2, 0.25) is 0 Å². The molecule has 1 heterocycles. The average molecular weight is 287 g/mol. The van der Waals surface area contributed by atoms with Crippen LogP contribution in [0, 0.1) is 0 Å². The summed E-state index contributed by atoms with van der Waals surface area (Å²) < 4.78 is 5.64. The molecule has 1 aromatic carbocycles. The van der Waals surface area contributed by atoms with Gasteiger partial charge in [-0.2, -0.15) is 0 Å². The van der Waals surface area contributed by atoms with Crippen molar-refractivity contribution in [1.29, 1.82) is 0 Å². The Morgan fingerprint density at radius 3 is 2.55 bits per heavy atom. The first-order valence-corrected chi connectivity index (χ1v) is 6.81.